The van der Waals surface area contributed by atoms with E-state index in [9.17, 15) is 42.4 Å². The third-order valence-corrected chi connectivity index (χ3v) is 11.4. The van der Waals surface area contributed by atoms with E-state index in [0.29, 0.717) is 35.5 Å². The largest absolute Gasteiger partial charge is 0.508 e. The Morgan fingerprint density at radius 3 is 2.00 bits per heavy atom. The topological polar surface area (TPSA) is 275 Å². The number of nitrogen functional groups attached to an aromatic ring is 1. The molecule has 0 bridgehead atoms. The lowest BCUT2D eigenvalue weighted by molar-refractivity contribution is 0.0678. The fraction of sp³-hybridized carbons (Fsp3) is 0.415. The fourth-order valence-corrected chi connectivity index (χ4v) is 7.77. The summed E-state index contributed by atoms with van der Waals surface area (Å²) in [4.78, 5) is 26.5. The van der Waals surface area contributed by atoms with Crippen LogP contribution in [0.3, 0.4) is 0 Å². The lowest BCUT2D eigenvalue weighted by atomic mass is 10.0. The molecule has 1 aromatic heterocycles. The highest BCUT2D eigenvalue weighted by molar-refractivity contribution is 7.89. The number of aliphatic hydroxyl groups is 2. The van der Waals surface area contributed by atoms with Gasteiger partial charge >= 0.3 is 0 Å². The Morgan fingerprint density at radius 2 is 1.43 bits per heavy atom. The molecule has 16 nitrogen and oxygen atoms in total. The number of aromatic nitrogens is 2. The van der Waals surface area contributed by atoms with Gasteiger partial charge in [0, 0.05) is 31.5 Å². The fourth-order valence-electron chi connectivity index (χ4n) is 6.45. The first-order chi connectivity index (χ1) is 28.4. The summed E-state index contributed by atoms with van der Waals surface area (Å²) < 4.78 is 44.3. The van der Waals surface area contributed by atoms with Gasteiger partial charge < -0.3 is 36.4 Å². The molecule has 0 aliphatic carbocycles. The molecule has 0 aliphatic rings. The molecule has 19 heteroatoms. The van der Waals surface area contributed by atoms with E-state index in [4.69, 9.17) is 23.1 Å². The molecule has 4 rings (SSSR count). The maximum Gasteiger partial charge on any atom is 0.280 e. The predicted molar refractivity (Wildman–Crippen MR) is 233 cm³/mol. The van der Waals surface area contributed by atoms with Crippen LogP contribution in [0, 0.1) is 6.92 Å². The summed E-state index contributed by atoms with van der Waals surface area (Å²) in [5.41, 5.74) is 15.8. The number of rotatable bonds is 22. The number of phenolic OH excluding ortho intramolecular Hbond substituents is 2. The number of halogens is 1. The summed E-state index contributed by atoms with van der Waals surface area (Å²) in [6, 6.07) is 17.3. The first kappa shape index (κ1) is 48.0. The number of phenols is 2. The molecule has 3 aromatic carbocycles. The average molecular weight is 889 g/mol. The molecule has 4 aromatic rings. The molecule has 0 fully saturated rings. The number of carbonyl (C=O) groups excluding carboxylic acids is 1. The van der Waals surface area contributed by atoms with E-state index in [2.05, 4.69) is 44.5 Å². The Balaban J connectivity index is 1.30. The number of carbonyl (C=O) groups is 1. The molecule has 1 unspecified atom stereocenters. The Bertz CT molecular complexity index is 2250. The zero-order valence-corrected chi connectivity index (χ0v) is 36.0. The molecule has 0 spiro atoms. The molecule has 0 saturated heterocycles. The van der Waals surface area contributed by atoms with E-state index in [1.54, 1.807) is 19.1 Å². The number of benzene rings is 3. The van der Waals surface area contributed by atoms with Crippen molar-refractivity contribution < 1.29 is 42.4 Å². The molecular weight excluding hydrogens is 834 g/mol. The van der Waals surface area contributed by atoms with Gasteiger partial charge in [-0.1, -0.05) is 48.0 Å². The van der Waals surface area contributed by atoms with Crippen LogP contribution in [0.15, 0.2) is 65.7 Å². The van der Waals surface area contributed by atoms with Gasteiger partial charge in [-0.15, -0.1) is 0 Å². The summed E-state index contributed by atoms with van der Waals surface area (Å²) in [5, 5.41) is 45.6. The summed E-state index contributed by atoms with van der Waals surface area (Å²) in [7, 11) is -3.45. The molecular formula is C41H54ClN7O9S2. The minimum atomic E-state index is -3.45. The van der Waals surface area contributed by atoms with E-state index in [0.717, 1.165) is 50.3 Å². The van der Waals surface area contributed by atoms with Crippen molar-refractivity contribution in [3.8, 4) is 11.5 Å². The number of guanidine groups is 1. The Labute approximate surface area is 358 Å². The van der Waals surface area contributed by atoms with Crippen LogP contribution in [0.25, 0.3) is 0 Å². The summed E-state index contributed by atoms with van der Waals surface area (Å²) in [6.07, 6.45) is 3.87. The Kier molecular flexibility index (Phi) is 18.2. The van der Waals surface area contributed by atoms with Crippen molar-refractivity contribution in [3.05, 3.63) is 111 Å². The van der Waals surface area contributed by atoms with Crippen molar-refractivity contribution in [1.29, 1.82) is 0 Å². The number of aromatic hydroxyl groups is 2. The van der Waals surface area contributed by atoms with Crippen LogP contribution in [0.1, 0.15) is 87.5 Å². The number of hydrogen-bond acceptors (Lipinski definition) is 13. The van der Waals surface area contributed by atoms with Gasteiger partial charge in [0.05, 0.1) is 29.4 Å². The lowest BCUT2D eigenvalue weighted by Crippen LogP contribution is -2.38. The Morgan fingerprint density at radius 1 is 0.883 bits per heavy atom. The van der Waals surface area contributed by atoms with Crippen LogP contribution in [0.4, 0.5) is 5.82 Å². The van der Waals surface area contributed by atoms with Crippen LogP contribution in [0.5, 0.6) is 11.5 Å². The second-order valence-electron chi connectivity index (χ2n) is 14.7. The Hall–Kier alpha value is -4.69. The maximum absolute atomic E-state index is 12.5. The number of unbranched alkanes of at least 4 members (excludes halogenated alkanes) is 2. The van der Waals surface area contributed by atoms with Crippen molar-refractivity contribution in [2.24, 2.45) is 10.7 Å². The van der Waals surface area contributed by atoms with Gasteiger partial charge in [-0.3, -0.25) is 20.0 Å². The quantitative estimate of drug-likeness (QED) is 0.0241. The predicted octanol–water partition coefficient (Wildman–Crippen LogP) is 3.90. The molecule has 326 valence electrons. The zero-order chi connectivity index (χ0) is 44.0. The van der Waals surface area contributed by atoms with Gasteiger partial charge in [-0.05, 0) is 110 Å². The normalized spacial score (nSPS) is 13.6. The number of aliphatic imine (C=N–C) groups is 1. The monoisotopic (exact) mass is 887 g/mol. The molecule has 1 amide bonds. The molecule has 0 aliphatic heterocycles. The van der Waals surface area contributed by atoms with Crippen molar-refractivity contribution in [3.63, 3.8) is 0 Å². The minimum absolute atomic E-state index is 0.0436. The van der Waals surface area contributed by atoms with Gasteiger partial charge in [0.2, 0.25) is 0 Å². The SMILES string of the molecule is Cc1nc(N)c(C(=O)NC(N)=NCCCCc2ccc(CCCCN(C[C@H](O)c3ccc(O)c(CCS(=O)O)c3)C[C@H](O)c3ccc(O)c(CS(C)(=O)=O)c3)cc2)nc1Cl. The van der Waals surface area contributed by atoms with Crippen LogP contribution in [0.2, 0.25) is 5.15 Å². The van der Waals surface area contributed by atoms with E-state index in [-0.39, 0.29) is 70.7 Å². The maximum atomic E-state index is 12.5. The van der Waals surface area contributed by atoms with E-state index < -0.39 is 39.0 Å². The van der Waals surface area contributed by atoms with E-state index >= 15 is 0 Å². The second-order valence-corrected chi connectivity index (χ2v) is 18.2. The lowest BCUT2D eigenvalue weighted by Gasteiger charge is -2.28. The van der Waals surface area contributed by atoms with Crippen LogP contribution in [-0.4, -0.2) is 103 Å². The van der Waals surface area contributed by atoms with Gasteiger partial charge in [-0.25, -0.2) is 22.6 Å². The van der Waals surface area contributed by atoms with Crippen LogP contribution >= 0.6 is 11.6 Å². The number of amides is 1. The zero-order valence-electron chi connectivity index (χ0n) is 33.6. The summed E-state index contributed by atoms with van der Waals surface area (Å²) >= 11 is 3.91. The third kappa shape index (κ3) is 15.7. The molecule has 60 heavy (non-hydrogen) atoms. The highest BCUT2D eigenvalue weighted by atomic mass is 35.5. The number of nitrogens with zero attached hydrogens (tertiary/aromatic N) is 4. The number of sulfone groups is 1. The van der Waals surface area contributed by atoms with Crippen LogP contribution in [-0.2, 0) is 45.9 Å². The van der Waals surface area contributed by atoms with Gasteiger partial charge in [-0.2, -0.15) is 0 Å². The van der Waals surface area contributed by atoms with E-state index in [1.807, 2.05) is 4.90 Å². The second kappa shape index (κ2) is 22.8. The molecule has 3 atom stereocenters. The number of nitrogens with two attached hydrogens (primary N) is 2. The highest BCUT2D eigenvalue weighted by Gasteiger charge is 2.21. The highest BCUT2D eigenvalue weighted by Crippen LogP contribution is 2.27. The van der Waals surface area contributed by atoms with Crippen LogP contribution < -0.4 is 16.8 Å². The summed E-state index contributed by atoms with van der Waals surface area (Å²) in [5.74, 6) is -1.45. The van der Waals surface area contributed by atoms with Crippen molar-refractivity contribution in [1.82, 2.24) is 20.2 Å². The van der Waals surface area contributed by atoms with Gasteiger partial charge in [0.1, 0.15) is 11.5 Å². The smallest absolute Gasteiger partial charge is 0.280 e. The van der Waals surface area contributed by atoms with Crippen molar-refractivity contribution in [2.45, 2.75) is 69.8 Å². The first-order valence-corrected chi connectivity index (χ1v) is 23.1. The van der Waals surface area contributed by atoms with Gasteiger partial charge in [0.15, 0.2) is 43.5 Å². The number of aryl methyl sites for hydroxylation is 4. The standard InChI is InChI=1S/C41H54ClN7O9S2/c1-26-38(42)47-37(39(43)46-26)40(54)48-41(44)45-18-5-3-7-27-9-11-28(12-10-27)8-4-6-19-49(23-35(52)29-13-15-33(50)31(21-29)17-20-59(55)56)24-36(53)30-14-16-34(51)32(22-30)25-60(2,57)58/h9-16,21-22,35-36,50-53H,3-8,17-20,23-25H2,1-2H3,(H2,43,46)(H,55,56)(H3,44,45,48,54)/t35-,36-/m0/s1. The van der Waals surface area contributed by atoms with Crippen molar-refractivity contribution >= 4 is 50.2 Å². The third-order valence-electron chi connectivity index (χ3n) is 9.67. The number of aliphatic hydroxyl groups excluding tert-OH is 2. The molecule has 0 radical (unpaired) electrons. The van der Waals surface area contributed by atoms with Gasteiger partial charge in [0.25, 0.3) is 5.91 Å². The first-order valence-electron chi connectivity index (χ1n) is 19.3. The molecule has 1 heterocycles. The van der Waals surface area contributed by atoms with Crippen molar-refractivity contribution in [2.75, 3.05) is 43.9 Å². The minimum Gasteiger partial charge on any atom is -0.508 e. The summed E-state index contributed by atoms with van der Waals surface area (Å²) in [6.45, 7) is 2.77. The number of anilines is 1. The number of hydrogen-bond donors (Lipinski definition) is 8. The number of nitrogens with one attached hydrogen (secondary N) is 1. The average Bonchev–Trinajstić information content (AvgIpc) is 3.18. The molecule has 0 saturated carbocycles. The van der Waals surface area contributed by atoms with E-state index in [1.165, 1.54) is 29.8 Å². The molecule has 10 N–H and O–H groups in total.